The highest BCUT2D eigenvalue weighted by Crippen LogP contribution is 2.42. The molecule has 146 valence electrons. The Labute approximate surface area is 156 Å². The lowest BCUT2D eigenvalue weighted by atomic mass is 10.0. The van der Waals surface area contributed by atoms with Gasteiger partial charge in [0.1, 0.15) is 5.69 Å². The van der Waals surface area contributed by atoms with Gasteiger partial charge in [-0.3, -0.25) is 0 Å². The topological polar surface area (TPSA) is 39.2 Å². The molecule has 2 aromatic rings. The Morgan fingerprint density at radius 3 is 2.30 bits per heavy atom. The van der Waals surface area contributed by atoms with E-state index in [2.05, 4.69) is 4.98 Å². The summed E-state index contributed by atoms with van der Waals surface area (Å²) in [6.45, 7) is 2.77. The first kappa shape index (κ1) is 21.1. The van der Waals surface area contributed by atoms with Crippen LogP contribution in [-0.2, 0) is 17.3 Å². The molecule has 0 aliphatic rings. The lowest BCUT2D eigenvalue weighted by Crippen LogP contribution is -2.22. The fourth-order valence-corrected chi connectivity index (χ4v) is 3.61. The maximum atomic E-state index is 13.5. The van der Waals surface area contributed by atoms with Crippen molar-refractivity contribution in [2.24, 2.45) is 0 Å². The number of benzene rings is 1. The molecule has 0 fully saturated rings. The van der Waals surface area contributed by atoms with Gasteiger partial charge in [-0.05, 0) is 31.0 Å². The summed E-state index contributed by atoms with van der Waals surface area (Å²) in [6, 6.07) is 8.30. The van der Waals surface area contributed by atoms with Gasteiger partial charge in [-0.1, -0.05) is 36.9 Å². The summed E-state index contributed by atoms with van der Waals surface area (Å²) in [7, 11) is 0. The number of aromatic nitrogens is 1. The molecule has 27 heavy (non-hydrogen) atoms. The summed E-state index contributed by atoms with van der Waals surface area (Å²) >= 11 is 0.845. The molecule has 0 bridgehead atoms. The molecule has 1 aromatic carbocycles. The second-order valence-electron chi connectivity index (χ2n) is 5.32. The van der Waals surface area contributed by atoms with E-state index in [4.69, 9.17) is 4.74 Å². The molecule has 2 rings (SSSR count). The standard InChI is InChI=1S/C18H16F5NO2S/c1-3-11-12(17(25)26-4-2)15(18(21,22)23)24-13(16(19)20)14(11)27-10-8-6-5-7-9-10/h5-9,16H,3-4H2,1-2H3. The molecule has 1 heterocycles. The van der Waals surface area contributed by atoms with Gasteiger partial charge in [-0.15, -0.1) is 0 Å². The SMILES string of the molecule is CCOC(=O)c1c(C(F)(F)F)nc(C(F)F)c(Sc2ccccc2)c1CC. The molecule has 0 amide bonds. The summed E-state index contributed by atoms with van der Waals surface area (Å²) in [5.74, 6) is -1.23. The number of esters is 1. The van der Waals surface area contributed by atoms with Crippen LogP contribution in [0.3, 0.4) is 0 Å². The maximum Gasteiger partial charge on any atom is 0.434 e. The number of pyridine rings is 1. The predicted octanol–water partition coefficient (Wildman–Crippen LogP) is 5.93. The van der Waals surface area contributed by atoms with Gasteiger partial charge in [0.25, 0.3) is 6.43 Å². The zero-order valence-corrected chi connectivity index (χ0v) is 15.3. The van der Waals surface area contributed by atoms with Crippen LogP contribution < -0.4 is 0 Å². The molecule has 0 aliphatic heterocycles. The average Bonchev–Trinajstić information content (AvgIpc) is 2.60. The smallest absolute Gasteiger partial charge is 0.434 e. The molecule has 3 nitrogen and oxygen atoms in total. The Morgan fingerprint density at radius 2 is 1.81 bits per heavy atom. The van der Waals surface area contributed by atoms with Gasteiger partial charge in [-0.25, -0.2) is 18.6 Å². The molecule has 9 heteroatoms. The summed E-state index contributed by atoms with van der Waals surface area (Å²) in [5, 5.41) is 0. The fourth-order valence-electron chi connectivity index (χ4n) is 2.47. The van der Waals surface area contributed by atoms with Crippen molar-refractivity contribution in [3.63, 3.8) is 0 Å². The summed E-state index contributed by atoms with van der Waals surface area (Å²) in [6.07, 6.45) is -8.39. The molecule has 0 aliphatic carbocycles. The van der Waals surface area contributed by atoms with Gasteiger partial charge in [0.2, 0.25) is 0 Å². The van der Waals surface area contributed by atoms with E-state index in [9.17, 15) is 26.7 Å². The second-order valence-corrected chi connectivity index (χ2v) is 6.40. The molecule has 0 saturated carbocycles. The zero-order chi connectivity index (χ0) is 20.2. The number of carbonyl (C=O) groups is 1. The number of halogens is 5. The van der Waals surface area contributed by atoms with Crippen LogP contribution >= 0.6 is 11.8 Å². The number of hydrogen-bond acceptors (Lipinski definition) is 4. The molecule has 1 aromatic heterocycles. The Kier molecular flexibility index (Phi) is 6.80. The van der Waals surface area contributed by atoms with E-state index in [0.29, 0.717) is 4.90 Å². The number of ether oxygens (including phenoxy) is 1. The van der Waals surface area contributed by atoms with E-state index in [1.165, 1.54) is 13.8 Å². The van der Waals surface area contributed by atoms with E-state index >= 15 is 0 Å². The first-order chi connectivity index (χ1) is 12.7. The van der Waals surface area contributed by atoms with Crippen LogP contribution in [0.2, 0.25) is 0 Å². The number of carbonyl (C=O) groups excluding carboxylic acids is 1. The van der Waals surface area contributed by atoms with Crippen molar-refractivity contribution in [2.75, 3.05) is 6.61 Å². The Hall–Kier alpha value is -2.16. The van der Waals surface area contributed by atoms with Crippen molar-refractivity contribution in [3.05, 3.63) is 52.8 Å². The van der Waals surface area contributed by atoms with Crippen molar-refractivity contribution in [2.45, 2.75) is 42.7 Å². The largest absolute Gasteiger partial charge is 0.462 e. The first-order valence-electron chi connectivity index (χ1n) is 8.02. The van der Waals surface area contributed by atoms with E-state index in [0.717, 1.165) is 11.8 Å². The third kappa shape index (κ3) is 4.77. The molecular weight excluding hydrogens is 389 g/mol. The summed E-state index contributed by atoms with van der Waals surface area (Å²) in [4.78, 5) is 15.7. The zero-order valence-electron chi connectivity index (χ0n) is 14.4. The first-order valence-corrected chi connectivity index (χ1v) is 8.84. The minimum absolute atomic E-state index is 0.0748. The second kappa shape index (κ2) is 8.69. The Bertz CT molecular complexity index is 810. The molecule has 0 unspecified atom stereocenters. The number of alkyl halides is 5. The van der Waals surface area contributed by atoms with E-state index in [1.54, 1.807) is 30.3 Å². The lowest BCUT2D eigenvalue weighted by molar-refractivity contribution is -0.142. The van der Waals surface area contributed by atoms with Gasteiger partial charge in [0.15, 0.2) is 5.69 Å². The van der Waals surface area contributed by atoms with Crippen molar-refractivity contribution < 1.29 is 31.5 Å². The molecule has 0 saturated heterocycles. The van der Waals surface area contributed by atoms with Gasteiger partial charge < -0.3 is 4.74 Å². The van der Waals surface area contributed by atoms with Gasteiger partial charge in [-0.2, -0.15) is 13.2 Å². The van der Waals surface area contributed by atoms with Crippen LogP contribution in [0.25, 0.3) is 0 Å². The lowest BCUT2D eigenvalue weighted by Gasteiger charge is -2.20. The molecule has 0 atom stereocenters. The molecule has 0 radical (unpaired) electrons. The van der Waals surface area contributed by atoms with E-state index in [-0.39, 0.29) is 23.5 Å². The van der Waals surface area contributed by atoms with Crippen LogP contribution in [0.5, 0.6) is 0 Å². The van der Waals surface area contributed by atoms with Crippen molar-refractivity contribution in [3.8, 4) is 0 Å². The average molecular weight is 405 g/mol. The minimum atomic E-state index is -5.08. The van der Waals surface area contributed by atoms with Gasteiger partial charge in [0.05, 0.1) is 12.2 Å². The number of rotatable bonds is 6. The summed E-state index contributed by atoms with van der Waals surface area (Å²) in [5.41, 5.74) is -3.61. The van der Waals surface area contributed by atoms with Crippen LogP contribution in [0, 0.1) is 0 Å². The molecule has 0 N–H and O–H groups in total. The van der Waals surface area contributed by atoms with E-state index in [1.807, 2.05) is 0 Å². The predicted molar refractivity (Wildman–Crippen MR) is 90.1 cm³/mol. The minimum Gasteiger partial charge on any atom is -0.462 e. The van der Waals surface area contributed by atoms with Crippen LogP contribution in [0.4, 0.5) is 22.0 Å². The van der Waals surface area contributed by atoms with Crippen molar-refractivity contribution in [1.82, 2.24) is 4.98 Å². The highest BCUT2D eigenvalue weighted by molar-refractivity contribution is 7.99. The molecular formula is C18H16F5NO2S. The van der Waals surface area contributed by atoms with Gasteiger partial charge >= 0.3 is 12.1 Å². The van der Waals surface area contributed by atoms with Crippen LogP contribution in [0.1, 0.15) is 47.6 Å². The third-order valence-corrected chi connectivity index (χ3v) is 4.72. The molecule has 0 spiro atoms. The van der Waals surface area contributed by atoms with Crippen LogP contribution in [0.15, 0.2) is 40.1 Å². The van der Waals surface area contributed by atoms with E-state index < -0.39 is 35.5 Å². The maximum absolute atomic E-state index is 13.5. The normalized spacial score (nSPS) is 11.7. The van der Waals surface area contributed by atoms with Crippen LogP contribution in [-0.4, -0.2) is 17.6 Å². The Morgan fingerprint density at radius 1 is 1.19 bits per heavy atom. The van der Waals surface area contributed by atoms with Crippen molar-refractivity contribution >= 4 is 17.7 Å². The quantitative estimate of drug-likeness (QED) is 0.441. The fraction of sp³-hybridized carbons (Fsp3) is 0.333. The Balaban J connectivity index is 2.80. The highest BCUT2D eigenvalue weighted by atomic mass is 32.2. The monoisotopic (exact) mass is 405 g/mol. The number of hydrogen-bond donors (Lipinski definition) is 0. The van der Waals surface area contributed by atoms with Gasteiger partial charge in [0, 0.05) is 9.79 Å². The third-order valence-electron chi connectivity index (χ3n) is 3.55. The van der Waals surface area contributed by atoms with Crippen molar-refractivity contribution in [1.29, 1.82) is 0 Å². The number of nitrogens with zero attached hydrogens (tertiary/aromatic N) is 1. The summed E-state index contributed by atoms with van der Waals surface area (Å²) < 4.78 is 72.1. The highest BCUT2D eigenvalue weighted by Gasteiger charge is 2.41.